The van der Waals surface area contributed by atoms with Gasteiger partial charge in [-0.2, -0.15) is 0 Å². The quantitative estimate of drug-likeness (QED) is 0.237. The lowest BCUT2D eigenvalue weighted by Crippen LogP contribution is -2.39. The molecule has 3 rings (SSSR count). The fourth-order valence-electron chi connectivity index (χ4n) is 3.13. The van der Waals surface area contributed by atoms with Gasteiger partial charge in [-0.3, -0.25) is 4.90 Å². The minimum absolute atomic E-state index is 0. The molecule has 0 atom stereocenters. The van der Waals surface area contributed by atoms with E-state index < -0.39 is 0 Å². The Labute approximate surface area is 194 Å². The maximum atomic E-state index is 13.0. The van der Waals surface area contributed by atoms with Crippen molar-refractivity contribution >= 4 is 29.9 Å². The van der Waals surface area contributed by atoms with Crippen molar-refractivity contribution in [1.29, 1.82) is 0 Å². The van der Waals surface area contributed by atoms with Gasteiger partial charge in [-0.15, -0.1) is 24.0 Å². The molecule has 6 nitrogen and oxygen atoms in total. The van der Waals surface area contributed by atoms with Crippen molar-refractivity contribution in [2.75, 3.05) is 39.4 Å². The van der Waals surface area contributed by atoms with Gasteiger partial charge in [0.15, 0.2) is 5.96 Å². The minimum Gasteiger partial charge on any atom is -0.457 e. The van der Waals surface area contributed by atoms with Crippen LogP contribution in [-0.2, 0) is 11.3 Å². The first kappa shape index (κ1) is 24.4. The van der Waals surface area contributed by atoms with E-state index in [-0.39, 0.29) is 29.8 Å². The highest BCUT2D eigenvalue weighted by Gasteiger charge is 2.09. The number of nitrogens with one attached hydrogen (secondary N) is 1. The Morgan fingerprint density at radius 2 is 1.93 bits per heavy atom. The summed E-state index contributed by atoms with van der Waals surface area (Å²) in [4.78, 5) is 6.81. The summed E-state index contributed by atoms with van der Waals surface area (Å²) < 4.78 is 24.2. The summed E-state index contributed by atoms with van der Waals surface area (Å²) in [6.45, 7) is 7.97. The van der Waals surface area contributed by atoms with Gasteiger partial charge in [-0.05, 0) is 61.3 Å². The summed E-state index contributed by atoms with van der Waals surface area (Å²) >= 11 is 0. The van der Waals surface area contributed by atoms with Crippen LogP contribution < -0.4 is 15.8 Å². The third kappa shape index (κ3) is 8.08. The molecule has 1 saturated heterocycles. The summed E-state index contributed by atoms with van der Waals surface area (Å²) in [5, 5.41) is 3.17. The predicted molar refractivity (Wildman–Crippen MR) is 128 cm³/mol. The van der Waals surface area contributed by atoms with Crippen LogP contribution in [0.1, 0.15) is 17.5 Å². The van der Waals surface area contributed by atoms with Crippen molar-refractivity contribution in [3.05, 3.63) is 59.4 Å². The molecule has 2 aromatic rings. The van der Waals surface area contributed by atoms with Crippen LogP contribution in [0.15, 0.2) is 47.5 Å². The Bertz CT molecular complexity index is 811. The van der Waals surface area contributed by atoms with Crippen LogP contribution in [0.3, 0.4) is 0 Å². The molecule has 1 aliphatic heterocycles. The van der Waals surface area contributed by atoms with Gasteiger partial charge >= 0.3 is 0 Å². The zero-order chi connectivity index (χ0) is 20.5. The first-order chi connectivity index (χ1) is 14.1. The number of halogens is 2. The van der Waals surface area contributed by atoms with Crippen molar-refractivity contribution in [2.24, 2.45) is 10.7 Å². The number of aryl methyl sites for hydroxylation is 1. The van der Waals surface area contributed by atoms with Crippen molar-refractivity contribution < 1.29 is 13.9 Å². The molecule has 0 aromatic heterocycles. The molecule has 1 fully saturated rings. The molecule has 0 aliphatic carbocycles. The minimum atomic E-state index is -0.283. The van der Waals surface area contributed by atoms with Crippen LogP contribution in [0.5, 0.6) is 11.5 Å². The molecule has 1 aliphatic rings. The average molecular weight is 528 g/mol. The Morgan fingerprint density at radius 3 is 2.63 bits per heavy atom. The van der Waals surface area contributed by atoms with Crippen molar-refractivity contribution in [1.82, 2.24) is 10.2 Å². The number of hydrogen-bond acceptors (Lipinski definition) is 4. The van der Waals surface area contributed by atoms with E-state index in [1.807, 2.05) is 25.1 Å². The highest BCUT2D eigenvalue weighted by atomic mass is 127. The maximum absolute atomic E-state index is 13.0. The zero-order valence-electron chi connectivity index (χ0n) is 17.3. The van der Waals surface area contributed by atoms with E-state index in [0.29, 0.717) is 18.3 Å². The van der Waals surface area contributed by atoms with Gasteiger partial charge < -0.3 is 20.5 Å². The van der Waals surface area contributed by atoms with E-state index >= 15 is 0 Å². The molecule has 8 heteroatoms. The molecule has 0 bridgehead atoms. The summed E-state index contributed by atoms with van der Waals surface area (Å²) in [5.41, 5.74) is 8.01. The molecular weight excluding hydrogens is 498 g/mol. The fourth-order valence-corrected chi connectivity index (χ4v) is 3.13. The van der Waals surface area contributed by atoms with E-state index in [1.165, 1.54) is 12.1 Å². The number of aliphatic imine (C=N–C) groups is 1. The Morgan fingerprint density at radius 1 is 1.20 bits per heavy atom. The monoisotopic (exact) mass is 528 g/mol. The number of nitrogens with two attached hydrogens (primary N) is 1. The van der Waals surface area contributed by atoms with Gasteiger partial charge in [0.25, 0.3) is 0 Å². The molecular formula is C22H30FIN4O2. The Balaban J connectivity index is 0.00000320. The Hall–Kier alpha value is -1.91. The standard InChI is InChI=1S/C22H29FN4O2.HI/c1-17-15-18(3-8-21(17)29-20-6-4-19(23)5-7-20)16-26-22(24)25-9-2-10-27-11-13-28-14-12-27;/h3-8,15H,2,9-14,16H2,1H3,(H3,24,25,26);1H. The third-order valence-corrected chi connectivity index (χ3v) is 4.77. The number of nitrogens with zero attached hydrogens (tertiary/aromatic N) is 2. The second-order valence-corrected chi connectivity index (χ2v) is 7.09. The first-order valence-electron chi connectivity index (χ1n) is 9.97. The number of ether oxygens (including phenoxy) is 2. The molecule has 30 heavy (non-hydrogen) atoms. The number of hydrogen-bond donors (Lipinski definition) is 2. The van der Waals surface area contributed by atoms with E-state index in [0.717, 1.165) is 62.7 Å². The van der Waals surface area contributed by atoms with E-state index in [9.17, 15) is 4.39 Å². The van der Waals surface area contributed by atoms with Gasteiger partial charge in [-0.1, -0.05) is 12.1 Å². The zero-order valence-corrected chi connectivity index (χ0v) is 19.6. The molecule has 0 amide bonds. The molecule has 1 heterocycles. The molecule has 3 N–H and O–H groups in total. The largest absolute Gasteiger partial charge is 0.457 e. The number of rotatable bonds is 8. The highest BCUT2D eigenvalue weighted by molar-refractivity contribution is 14.0. The van der Waals surface area contributed by atoms with Crippen LogP contribution >= 0.6 is 24.0 Å². The average Bonchev–Trinajstić information content (AvgIpc) is 2.74. The van der Waals surface area contributed by atoms with Crippen LogP contribution in [0, 0.1) is 12.7 Å². The number of benzene rings is 2. The van der Waals surface area contributed by atoms with Gasteiger partial charge in [0.05, 0.1) is 19.8 Å². The summed E-state index contributed by atoms with van der Waals surface area (Å²) in [6.07, 6.45) is 1.02. The van der Waals surface area contributed by atoms with Gasteiger partial charge in [0, 0.05) is 19.6 Å². The van der Waals surface area contributed by atoms with Crippen molar-refractivity contribution in [3.63, 3.8) is 0 Å². The Kier molecular flexibility index (Phi) is 10.3. The second kappa shape index (κ2) is 12.7. The van der Waals surface area contributed by atoms with Gasteiger partial charge in [0.1, 0.15) is 17.3 Å². The van der Waals surface area contributed by atoms with Gasteiger partial charge in [-0.25, -0.2) is 9.38 Å². The third-order valence-electron chi connectivity index (χ3n) is 4.77. The summed E-state index contributed by atoms with van der Waals surface area (Å²) in [5.74, 6) is 1.51. The first-order valence-corrected chi connectivity index (χ1v) is 9.97. The van der Waals surface area contributed by atoms with Crippen LogP contribution in [-0.4, -0.2) is 50.3 Å². The maximum Gasteiger partial charge on any atom is 0.188 e. The number of morpholine rings is 1. The summed E-state index contributed by atoms with van der Waals surface area (Å²) in [7, 11) is 0. The molecule has 0 spiro atoms. The van der Waals surface area contributed by atoms with E-state index in [4.69, 9.17) is 15.2 Å². The lowest BCUT2D eigenvalue weighted by atomic mass is 10.1. The van der Waals surface area contributed by atoms with Crippen LogP contribution in [0.2, 0.25) is 0 Å². The second-order valence-electron chi connectivity index (χ2n) is 7.09. The molecule has 0 unspecified atom stereocenters. The van der Waals surface area contributed by atoms with E-state index in [2.05, 4.69) is 15.2 Å². The summed E-state index contributed by atoms with van der Waals surface area (Å²) in [6, 6.07) is 11.9. The fraction of sp³-hybridized carbons (Fsp3) is 0.409. The normalized spacial score (nSPS) is 14.8. The highest BCUT2D eigenvalue weighted by Crippen LogP contribution is 2.26. The van der Waals surface area contributed by atoms with Crippen LogP contribution in [0.4, 0.5) is 4.39 Å². The van der Waals surface area contributed by atoms with E-state index in [1.54, 1.807) is 12.1 Å². The molecule has 0 saturated carbocycles. The van der Waals surface area contributed by atoms with Gasteiger partial charge in [0.2, 0.25) is 0 Å². The molecule has 0 radical (unpaired) electrons. The smallest absolute Gasteiger partial charge is 0.188 e. The number of guanidine groups is 1. The van der Waals surface area contributed by atoms with Crippen molar-refractivity contribution in [3.8, 4) is 11.5 Å². The lowest BCUT2D eigenvalue weighted by Gasteiger charge is -2.26. The van der Waals surface area contributed by atoms with Crippen LogP contribution in [0.25, 0.3) is 0 Å². The van der Waals surface area contributed by atoms with Crippen molar-refractivity contribution in [2.45, 2.75) is 19.9 Å². The topological polar surface area (TPSA) is 72.1 Å². The predicted octanol–water partition coefficient (Wildman–Crippen LogP) is 3.67. The SMILES string of the molecule is Cc1cc(CN=C(N)NCCCN2CCOCC2)ccc1Oc1ccc(F)cc1.I. The molecule has 2 aromatic carbocycles. The molecule has 164 valence electrons. The lowest BCUT2D eigenvalue weighted by molar-refractivity contribution is 0.0376.